The summed E-state index contributed by atoms with van der Waals surface area (Å²) >= 11 is 0. The maximum Gasteiger partial charge on any atom is 0.293 e. The smallest absolute Gasteiger partial charge is 0.293 e. The van der Waals surface area contributed by atoms with Gasteiger partial charge >= 0.3 is 0 Å². The molecule has 9 heteroatoms. The highest BCUT2D eigenvalue weighted by atomic mass is 16.6. The molecule has 0 aromatic heterocycles. The molecule has 158 valence electrons. The van der Waals surface area contributed by atoms with Crippen molar-refractivity contribution < 1.29 is 14.4 Å². The van der Waals surface area contributed by atoms with Crippen molar-refractivity contribution in [1.82, 2.24) is 5.32 Å². The summed E-state index contributed by atoms with van der Waals surface area (Å²) in [4.78, 5) is 16.7. The predicted molar refractivity (Wildman–Crippen MR) is 117 cm³/mol. The summed E-state index contributed by atoms with van der Waals surface area (Å²) in [7, 11) is 3.10. The Morgan fingerprint density at radius 1 is 1.00 bits per heavy atom. The lowest BCUT2D eigenvalue weighted by Gasteiger charge is -2.33. The lowest BCUT2D eigenvalue weighted by Crippen LogP contribution is -2.43. The molecule has 0 bridgehead atoms. The van der Waals surface area contributed by atoms with E-state index in [4.69, 9.17) is 20.9 Å². The Bertz CT molecular complexity index is 1160. The number of fused-ring (bicyclic) bond motifs is 1. The van der Waals surface area contributed by atoms with Crippen molar-refractivity contribution in [3.8, 4) is 11.5 Å². The molecule has 1 aliphatic heterocycles. The molecule has 2 aromatic rings. The fourth-order valence-corrected chi connectivity index (χ4v) is 3.76. The number of nitrogens with two attached hydrogens (primary N) is 2. The SMILES string of the molecule is COc1ccc(C2=C3NC(N)=C(N)N=C3C=CC2(c2ccc(OC)cc2)[N+](=O)[O-])cc1. The maximum absolute atomic E-state index is 12.7. The van der Waals surface area contributed by atoms with Gasteiger partial charge in [-0.1, -0.05) is 12.1 Å². The summed E-state index contributed by atoms with van der Waals surface area (Å²) in [6.07, 6.45) is 3.11. The summed E-state index contributed by atoms with van der Waals surface area (Å²) in [6, 6.07) is 13.7. The van der Waals surface area contributed by atoms with Crippen molar-refractivity contribution >= 4 is 11.3 Å². The Morgan fingerprint density at radius 3 is 2.13 bits per heavy atom. The number of allylic oxidation sites excluding steroid dienone is 1. The van der Waals surface area contributed by atoms with Gasteiger partial charge in [0.15, 0.2) is 5.82 Å². The van der Waals surface area contributed by atoms with Crippen LogP contribution >= 0.6 is 0 Å². The van der Waals surface area contributed by atoms with Crippen molar-refractivity contribution in [3.05, 3.63) is 99.3 Å². The number of nitrogens with zero attached hydrogens (tertiary/aromatic N) is 2. The lowest BCUT2D eigenvalue weighted by molar-refractivity contribution is -0.544. The van der Waals surface area contributed by atoms with Gasteiger partial charge in [0, 0.05) is 16.6 Å². The highest BCUT2D eigenvalue weighted by molar-refractivity contribution is 6.16. The van der Waals surface area contributed by atoms with Crippen molar-refractivity contribution in [3.63, 3.8) is 0 Å². The third-order valence-electron chi connectivity index (χ3n) is 5.34. The molecule has 1 atom stereocenters. The summed E-state index contributed by atoms with van der Waals surface area (Å²) in [6.45, 7) is 0. The third kappa shape index (κ3) is 3.16. The summed E-state index contributed by atoms with van der Waals surface area (Å²) < 4.78 is 10.5. The zero-order valence-electron chi connectivity index (χ0n) is 17.0. The first kappa shape index (κ1) is 20.0. The van der Waals surface area contributed by atoms with E-state index in [1.807, 2.05) is 0 Å². The average Bonchev–Trinajstić information content (AvgIpc) is 2.79. The quantitative estimate of drug-likeness (QED) is 0.499. The highest BCUT2D eigenvalue weighted by Crippen LogP contribution is 2.45. The highest BCUT2D eigenvalue weighted by Gasteiger charge is 2.51. The van der Waals surface area contributed by atoms with Gasteiger partial charge in [-0.3, -0.25) is 10.1 Å². The minimum atomic E-state index is -1.70. The monoisotopic (exact) mass is 419 g/mol. The minimum Gasteiger partial charge on any atom is -0.497 e. The van der Waals surface area contributed by atoms with Crippen molar-refractivity contribution in [2.24, 2.45) is 16.5 Å². The standard InChI is InChI=1S/C22H21N5O4/c1-30-15-7-3-13(4-8-15)18-19-17(25-20(23)21(24)26-19)11-12-22(18,27(28)29)14-5-9-16(31-2)10-6-14/h3-12,26H,23-24H2,1-2H3. The van der Waals surface area contributed by atoms with Gasteiger partial charge in [0.1, 0.15) is 17.3 Å². The van der Waals surface area contributed by atoms with E-state index in [9.17, 15) is 10.1 Å². The molecule has 0 saturated heterocycles. The number of hydrogen-bond donors (Lipinski definition) is 3. The van der Waals surface area contributed by atoms with Gasteiger partial charge < -0.3 is 26.3 Å². The zero-order valence-corrected chi connectivity index (χ0v) is 17.0. The Morgan fingerprint density at radius 2 is 1.58 bits per heavy atom. The van der Waals surface area contributed by atoms with E-state index in [1.54, 1.807) is 61.7 Å². The fraction of sp³-hybridized carbons (Fsp3) is 0.136. The number of aliphatic imine (C=N–C) groups is 1. The van der Waals surface area contributed by atoms with Crippen LogP contribution in [-0.2, 0) is 5.54 Å². The molecule has 2 aromatic carbocycles. The van der Waals surface area contributed by atoms with E-state index >= 15 is 0 Å². The number of ether oxygens (including phenoxy) is 2. The molecule has 1 aliphatic carbocycles. The predicted octanol–water partition coefficient (Wildman–Crippen LogP) is 2.25. The maximum atomic E-state index is 12.7. The van der Waals surface area contributed by atoms with Crippen LogP contribution in [0.25, 0.3) is 5.57 Å². The van der Waals surface area contributed by atoms with Crippen LogP contribution in [0.4, 0.5) is 0 Å². The Balaban J connectivity index is 2.02. The normalized spacial score (nSPS) is 20.0. The molecule has 5 N–H and O–H groups in total. The molecular weight excluding hydrogens is 398 g/mol. The second-order valence-corrected chi connectivity index (χ2v) is 6.98. The Kier molecular flexibility index (Phi) is 4.86. The lowest BCUT2D eigenvalue weighted by atomic mass is 9.74. The van der Waals surface area contributed by atoms with Gasteiger partial charge in [0.2, 0.25) is 0 Å². The second kappa shape index (κ2) is 7.52. The van der Waals surface area contributed by atoms with Gasteiger partial charge in [-0.05, 0) is 48.0 Å². The molecule has 31 heavy (non-hydrogen) atoms. The number of nitrogens with one attached hydrogen (secondary N) is 1. The zero-order chi connectivity index (χ0) is 22.2. The first-order chi connectivity index (χ1) is 14.9. The molecule has 0 fully saturated rings. The topological polar surface area (TPSA) is 138 Å². The molecule has 0 spiro atoms. The Labute approximate surface area is 178 Å². The molecule has 1 heterocycles. The van der Waals surface area contributed by atoms with Gasteiger partial charge in [-0.2, -0.15) is 0 Å². The first-order valence-electron chi connectivity index (χ1n) is 9.39. The largest absolute Gasteiger partial charge is 0.497 e. The number of hydrogen-bond acceptors (Lipinski definition) is 8. The number of methoxy groups -OCH3 is 2. The molecule has 4 rings (SSSR count). The van der Waals surface area contributed by atoms with E-state index < -0.39 is 5.54 Å². The van der Waals surface area contributed by atoms with Crippen molar-refractivity contribution in [2.45, 2.75) is 5.54 Å². The number of benzene rings is 2. The molecule has 0 radical (unpaired) electrons. The van der Waals surface area contributed by atoms with E-state index in [-0.39, 0.29) is 16.6 Å². The van der Waals surface area contributed by atoms with E-state index in [2.05, 4.69) is 10.3 Å². The van der Waals surface area contributed by atoms with Crippen LogP contribution in [0.2, 0.25) is 0 Å². The summed E-state index contributed by atoms with van der Waals surface area (Å²) in [5.74, 6) is 1.48. The second-order valence-electron chi connectivity index (χ2n) is 6.98. The van der Waals surface area contributed by atoms with Crippen LogP contribution in [0, 0.1) is 10.1 Å². The number of rotatable bonds is 5. The van der Waals surface area contributed by atoms with Crippen LogP contribution in [0.5, 0.6) is 11.5 Å². The summed E-state index contributed by atoms with van der Waals surface area (Å²) in [5.41, 5.74) is 12.5. The van der Waals surface area contributed by atoms with Gasteiger partial charge in [0.05, 0.1) is 31.2 Å². The third-order valence-corrected chi connectivity index (χ3v) is 5.34. The van der Waals surface area contributed by atoms with Gasteiger partial charge in [-0.25, -0.2) is 4.99 Å². The van der Waals surface area contributed by atoms with Gasteiger partial charge in [0.25, 0.3) is 5.54 Å². The number of nitro groups is 1. The average molecular weight is 419 g/mol. The first-order valence-corrected chi connectivity index (χ1v) is 9.39. The van der Waals surface area contributed by atoms with E-state index in [0.29, 0.717) is 39.6 Å². The van der Waals surface area contributed by atoms with Crippen LogP contribution in [0.15, 0.2) is 83.0 Å². The van der Waals surface area contributed by atoms with Crippen LogP contribution < -0.4 is 26.3 Å². The Hall–Kier alpha value is -4.27. The molecule has 2 aliphatic rings. The van der Waals surface area contributed by atoms with Crippen molar-refractivity contribution in [2.75, 3.05) is 14.2 Å². The molecule has 1 unspecified atom stereocenters. The molecule has 0 amide bonds. The van der Waals surface area contributed by atoms with Gasteiger partial charge in [-0.15, -0.1) is 0 Å². The van der Waals surface area contributed by atoms with Crippen molar-refractivity contribution in [1.29, 1.82) is 0 Å². The van der Waals surface area contributed by atoms with E-state index in [1.165, 1.54) is 13.2 Å². The fourth-order valence-electron chi connectivity index (χ4n) is 3.76. The molecular formula is C22H21N5O4. The van der Waals surface area contributed by atoms with Crippen LogP contribution in [0.3, 0.4) is 0 Å². The summed E-state index contributed by atoms with van der Waals surface area (Å²) in [5, 5.41) is 15.7. The minimum absolute atomic E-state index is 0.121. The van der Waals surface area contributed by atoms with Crippen LogP contribution in [0.1, 0.15) is 11.1 Å². The van der Waals surface area contributed by atoms with E-state index in [0.717, 1.165) is 0 Å². The molecule has 9 nitrogen and oxygen atoms in total. The van der Waals surface area contributed by atoms with Crippen LogP contribution in [-0.4, -0.2) is 24.9 Å². The molecule has 0 saturated carbocycles.